The molecule has 2 saturated heterocycles. The second-order valence-corrected chi connectivity index (χ2v) is 7.70. The highest BCUT2D eigenvalue weighted by molar-refractivity contribution is 6.00. The summed E-state index contributed by atoms with van der Waals surface area (Å²) in [5.74, 6) is -0.193. The quantitative estimate of drug-likeness (QED) is 0.826. The number of aryl methyl sites for hydroxylation is 1. The molecular weight excluding hydrogens is 350 g/mol. The monoisotopic (exact) mass is 379 g/mol. The Morgan fingerprint density at radius 2 is 1.92 bits per heavy atom. The summed E-state index contributed by atoms with van der Waals surface area (Å²) < 4.78 is 0. The summed E-state index contributed by atoms with van der Waals surface area (Å²) in [4.78, 5) is 26.6. The molecule has 2 amide bonds. The summed E-state index contributed by atoms with van der Waals surface area (Å²) in [5, 5.41) is 6.46. The van der Waals surface area contributed by atoms with E-state index in [1.807, 2.05) is 24.3 Å². The molecule has 144 valence electrons. The number of rotatable bonds is 5. The van der Waals surface area contributed by atoms with Crippen molar-refractivity contribution in [1.29, 1.82) is 0 Å². The molecule has 1 atom stereocenters. The molecule has 2 aliphatic rings. The van der Waals surface area contributed by atoms with Gasteiger partial charge in [-0.2, -0.15) is 0 Å². The highest BCUT2D eigenvalue weighted by Gasteiger charge is 2.36. The Balaban J connectivity index is 0.00000243. The molecule has 2 aliphatic heterocycles. The number of amides is 2. The largest absolute Gasteiger partial charge is 0.355 e. The molecule has 5 nitrogen and oxygen atoms in total. The van der Waals surface area contributed by atoms with E-state index < -0.39 is 0 Å². The van der Waals surface area contributed by atoms with Gasteiger partial charge in [0, 0.05) is 25.2 Å². The lowest BCUT2D eigenvalue weighted by Gasteiger charge is -2.34. The molecule has 2 N–H and O–H groups in total. The maximum atomic E-state index is 12.5. The predicted molar refractivity (Wildman–Crippen MR) is 107 cm³/mol. The van der Waals surface area contributed by atoms with Crippen molar-refractivity contribution in [2.45, 2.75) is 39.5 Å². The first-order valence-corrected chi connectivity index (χ1v) is 9.38. The van der Waals surface area contributed by atoms with Crippen molar-refractivity contribution in [3.63, 3.8) is 0 Å². The van der Waals surface area contributed by atoms with E-state index in [0.29, 0.717) is 19.5 Å². The van der Waals surface area contributed by atoms with Crippen LogP contribution in [0.4, 0.5) is 5.69 Å². The van der Waals surface area contributed by atoms with E-state index in [4.69, 9.17) is 0 Å². The number of hydrogen-bond donors (Lipinski definition) is 2. The summed E-state index contributed by atoms with van der Waals surface area (Å²) in [6.45, 7) is 7.54. The van der Waals surface area contributed by atoms with Crippen LogP contribution in [0.5, 0.6) is 0 Å². The highest BCUT2D eigenvalue weighted by Crippen LogP contribution is 2.28. The van der Waals surface area contributed by atoms with E-state index in [1.165, 1.54) is 5.56 Å². The first-order valence-electron chi connectivity index (χ1n) is 9.38. The molecule has 0 aromatic heterocycles. The molecule has 6 heteroatoms. The van der Waals surface area contributed by atoms with Crippen LogP contribution in [0.1, 0.15) is 38.7 Å². The average Bonchev–Trinajstić information content (AvgIpc) is 3.02. The number of anilines is 1. The van der Waals surface area contributed by atoms with Gasteiger partial charge in [0.15, 0.2) is 0 Å². The van der Waals surface area contributed by atoms with Crippen molar-refractivity contribution in [2.24, 2.45) is 11.3 Å². The topological polar surface area (TPSA) is 61.4 Å². The molecule has 26 heavy (non-hydrogen) atoms. The Labute approximate surface area is 162 Å². The number of halogens is 1. The number of carbonyl (C=O) groups is 2. The number of carbonyl (C=O) groups excluding carboxylic acids is 2. The predicted octanol–water partition coefficient (Wildman–Crippen LogP) is 2.53. The van der Waals surface area contributed by atoms with E-state index in [2.05, 4.69) is 24.5 Å². The molecule has 2 heterocycles. The van der Waals surface area contributed by atoms with Gasteiger partial charge < -0.3 is 15.5 Å². The van der Waals surface area contributed by atoms with Crippen molar-refractivity contribution in [1.82, 2.24) is 10.6 Å². The van der Waals surface area contributed by atoms with Gasteiger partial charge in [-0.1, -0.05) is 26.0 Å². The summed E-state index contributed by atoms with van der Waals surface area (Å²) in [6.07, 6.45) is 3.44. The van der Waals surface area contributed by atoms with Crippen LogP contribution in [0.2, 0.25) is 0 Å². The molecular formula is C20H30ClN3O2. The minimum atomic E-state index is -0.247. The van der Waals surface area contributed by atoms with E-state index in [0.717, 1.165) is 38.0 Å². The third-order valence-electron chi connectivity index (χ3n) is 5.65. The average molecular weight is 380 g/mol. The van der Waals surface area contributed by atoms with Gasteiger partial charge in [0.25, 0.3) is 0 Å². The smallest absolute Gasteiger partial charge is 0.227 e. The van der Waals surface area contributed by atoms with E-state index in [9.17, 15) is 9.59 Å². The lowest BCUT2D eigenvalue weighted by atomic mass is 9.81. The fourth-order valence-corrected chi connectivity index (χ4v) is 3.70. The normalized spacial score (nSPS) is 22.0. The number of nitrogens with zero attached hydrogens (tertiary/aromatic N) is 1. The molecule has 1 aromatic rings. The van der Waals surface area contributed by atoms with Crippen molar-refractivity contribution in [3.8, 4) is 0 Å². The number of benzene rings is 1. The summed E-state index contributed by atoms with van der Waals surface area (Å²) in [7, 11) is 0. The fraction of sp³-hybridized carbons (Fsp3) is 0.600. The van der Waals surface area contributed by atoms with Crippen LogP contribution in [0.3, 0.4) is 0 Å². The SMILES string of the molecule is CCc1ccc(N2CC(C(=O)NCC3(C)CCNCC3)CC2=O)cc1.Cl. The zero-order valence-electron chi connectivity index (χ0n) is 15.7. The first-order chi connectivity index (χ1) is 12.0. The Morgan fingerprint density at radius 3 is 2.54 bits per heavy atom. The lowest BCUT2D eigenvalue weighted by molar-refractivity contribution is -0.126. The molecule has 1 aromatic carbocycles. The molecule has 0 aliphatic carbocycles. The minimum Gasteiger partial charge on any atom is -0.355 e. The standard InChI is InChI=1S/C20H29N3O2.ClH/c1-3-15-4-6-17(7-5-15)23-13-16(12-18(23)24)19(25)22-14-20(2)8-10-21-11-9-20;/h4-7,16,21H,3,8-14H2,1-2H3,(H,22,25);1H. The lowest BCUT2D eigenvalue weighted by Crippen LogP contribution is -2.44. The molecule has 0 radical (unpaired) electrons. The maximum Gasteiger partial charge on any atom is 0.227 e. The Morgan fingerprint density at radius 1 is 1.27 bits per heavy atom. The number of piperidine rings is 1. The third-order valence-corrected chi connectivity index (χ3v) is 5.65. The van der Waals surface area contributed by atoms with Gasteiger partial charge >= 0.3 is 0 Å². The molecule has 2 fully saturated rings. The van der Waals surface area contributed by atoms with Gasteiger partial charge in [0.05, 0.1) is 5.92 Å². The van der Waals surface area contributed by atoms with Gasteiger partial charge in [-0.3, -0.25) is 9.59 Å². The van der Waals surface area contributed by atoms with E-state index >= 15 is 0 Å². The van der Waals surface area contributed by atoms with Gasteiger partial charge in [-0.05, 0) is 55.5 Å². The molecule has 1 unspecified atom stereocenters. The zero-order chi connectivity index (χ0) is 17.9. The summed E-state index contributed by atoms with van der Waals surface area (Å²) >= 11 is 0. The van der Waals surface area contributed by atoms with E-state index in [-0.39, 0.29) is 35.6 Å². The van der Waals surface area contributed by atoms with E-state index in [1.54, 1.807) is 4.90 Å². The van der Waals surface area contributed by atoms with Crippen LogP contribution >= 0.6 is 12.4 Å². The van der Waals surface area contributed by atoms with Crippen LogP contribution in [-0.4, -0.2) is 38.0 Å². The summed E-state index contributed by atoms with van der Waals surface area (Å²) in [6, 6.07) is 8.06. The van der Waals surface area contributed by atoms with Crippen molar-refractivity contribution >= 4 is 29.9 Å². The second-order valence-electron chi connectivity index (χ2n) is 7.70. The minimum absolute atomic E-state index is 0. The maximum absolute atomic E-state index is 12.5. The number of hydrogen-bond acceptors (Lipinski definition) is 3. The van der Waals surface area contributed by atoms with Crippen molar-refractivity contribution < 1.29 is 9.59 Å². The Kier molecular flexibility index (Phi) is 7.07. The van der Waals surface area contributed by atoms with Crippen molar-refractivity contribution in [3.05, 3.63) is 29.8 Å². The van der Waals surface area contributed by atoms with Gasteiger partial charge in [0.1, 0.15) is 0 Å². The van der Waals surface area contributed by atoms with Gasteiger partial charge in [-0.25, -0.2) is 0 Å². The Hall–Kier alpha value is -1.59. The fourth-order valence-electron chi connectivity index (χ4n) is 3.70. The molecule has 0 saturated carbocycles. The molecule has 0 spiro atoms. The molecule has 0 bridgehead atoms. The van der Waals surface area contributed by atoms with Crippen LogP contribution in [0.25, 0.3) is 0 Å². The van der Waals surface area contributed by atoms with Crippen LogP contribution in [0.15, 0.2) is 24.3 Å². The van der Waals surface area contributed by atoms with Crippen molar-refractivity contribution in [2.75, 3.05) is 31.1 Å². The highest BCUT2D eigenvalue weighted by atomic mass is 35.5. The zero-order valence-corrected chi connectivity index (χ0v) is 16.5. The third kappa shape index (κ3) is 4.77. The van der Waals surface area contributed by atoms with Crippen LogP contribution in [0, 0.1) is 11.3 Å². The second kappa shape index (κ2) is 8.87. The van der Waals surface area contributed by atoms with Crippen LogP contribution in [-0.2, 0) is 16.0 Å². The molecule has 3 rings (SSSR count). The first kappa shape index (κ1) is 20.7. The van der Waals surface area contributed by atoms with Crippen LogP contribution < -0.4 is 15.5 Å². The van der Waals surface area contributed by atoms with Gasteiger partial charge in [-0.15, -0.1) is 12.4 Å². The summed E-state index contributed by atoms with van der Waals surface area (Å²) in [5.41, 5.74) is 2.31. The van der Waals surface area contributed by atoms with Gasteiger partial charge in [0.2, 0.25) is 11.8 Å². The number of nitrogens with one attached hydrogen (secondary N) is 2. The Bertz CT molecular complexity index is 626.